The van der Waals surface area contributed by atoms with Crippen LogP contribution >= 0.6 is 15.9 Å². The molecule has 6 nitrogen and oxygen atoms in total. The Balaban J connectivity index is 1.69. The van der Waals surface area contributed by atoms with Crippen molar-refractivity contribution in [2.75, 3.05) is 32.8 Å². The van der Waals surface area contributed by atoms with Crippen molar-refractivity contribution in [3.8, 4) is 17.2 Å². The smallest absolute Gasteiger partial charge is 0.255 e. The molecule has 0 saturated carbocycles. The lowest BCUT2D eigenvalue weighted by Crippen LogP contribution is -2.17. The number of ether oxygens (including phenoxy) is 4. The van der Waals surface area contributed by atoms with Crippen LogP contribution in [0, 0.1) is 0 Å². The number of benzene rings is 2. The third-order valence-corrected chi connectivity index (χ3v) is 4.92. The third-order valence-electron chi connectivity index (χ3n) is 4.30. The summed E-state index contributed by atoms with van der Waals surface area (Å²) >= 11 is 3.47. The Labute approximate surface area is 166 Å². The van der Waals surface area contributed by atoms with Crippen molar-refractivity contribution in [3.63, 3.8) is 0 Å². The lowest BCUT2D eigenvalue weighted by atomic mass is 10.2. The number of carbonyl (C=O) groups excluding carboxylic acids is 1. The summed E-state index contributed by atoms with van der Waals surface area (Å²) in [5.74, 6) is 1.61. The van der Waals surface area contributed by atoms with Crippen molar-refractivity contribution in [3.05, 3.63) is 46.4 Å². The second-order valence-electron chi connectivity index (χ2n) is 6.11. The second kappa shape index (κ2) is 9.10. The number of nitrogens with one attached hydrogen (secondary N) is 1. The van der Waals surface area contributed by atoms with Gasteiger partial charge in [-0.05, 0) is 59.1 Å². The zero-order chi connectivity index (χ0) is 19.2. The molecular formula is C20H22BrNO5. The molecule has 1 unspecified atom stereocenters. The van der Waals surface area contributed by atoms with Crippen molar-refractivity contribution < 1.29 is 23.7 Å². The molecule has 0 bridgehead atoms. The molecule has 1 aliphatic heterocycles. The van der Waals surface area contributed by atoms with Crippen LogP contribution in [-0.2, 0) is 4.74 Å². The topological polar surface area (TPSA) is 66.0 Å². The van der Waals surface area contributed by atoms with Crippen molar-refractivity contribution in [2.45, 2.75) is 18.9 Å². The van der Waals surface area contributed by atoms with Gasteiger partial charge in [0, 0.05) is 18.2 Å². The first-order valence-electron chi connectivity index (χ1n) is 8.68. The van der Waals surface area contributed by atoms with Gasteiger partial charge >= 0.3 is 0 Å². The van der Waals surface area contributed by atoms with Crippen LogP contribution in [-0.4, -0.2) is 39.4 Å². The minimum absolute atomic E-state index is 0.139. The summed E-state index contributed by atoms with van der Waals surface area (Å²) in [5, 5.41) is 2.85. The molecule has 27 heavy (non-hydrogen) atoms. The molecule has 1 fully saturated rings. The number of anilines is 1. The van der Waals surface area contributed by atoms with Crippen LogP contribution in [0.3, 0.4) is 0 Å². The number of amides is 1. The summed E-state index contributed by atoms with van der Waals surface area (Å²) in [4.78, 5) is 12.6. The number of hydrogen-bond acceptors (Lipinski definition) is 5. The Morgan fingerprint density at radius 1 is 1.19 bits per heavy atom. The van der Waals surface area contributed by atoms with E-state index in [-0.39, 0.29) is 12.0 Å². The molecule has 1 aliphatic rings. The first kappa shape index (κ1) is 19.5. The van der Waals surface area contributed by atoms with Gasteiger partial charge in [-0.2, -0.15) is 0 Å². The summed E-state index contributed by atoms with van der Waals surface area (Å²) in [6.07, 6.45) is 2.23. The normalized spacial score (nSPS) is 16.0. The van der Waals surface area contributed by atoms with E-state index in [9.17, 15) is 4.79 Å². The van der Waals surface area contributed by atoms with Gasteiger partial charge in [-0.25, -0.2) is 0 Å². The van der Waals surface area contributed by atoms with E-state index in [4.69, 9.17) is 18.9 Å². The van der Waals surface area contributed by atoms with Gasteiger partial charge in [0.25, 0.3) is 5.91 Å². The second-order valence-corrected chi connectivity index (χ2v) is 6.97. The first-order valence-corrected chi connectivity index (χ1v) is 9.47. The molecule has 1 saturated heterocycles. The largest absolute Gasteiger partial charge is 0.497 e. The van der Waals surface area contributed by atoms with Crippen LogP contribution in [0.2, 0.25) is 0 Å². The number of hydrogen-bond donors (Lipinski definition) is 1. The average molecular weight is 436 g/mol. The van der Waals surface area contributed by atoms with Gasteiger partial charge in [0.05, 0.1) is 30.5 Å². The number of rotatable bonds is 7. The summed E-state index contributed by atoms with van der Waals surface area (Å²) in [6.45, 7) is 1.30. The van der Waals surface area contributed by atoms with E-state index < -0.39 is 0 Å². The Morgan fingerprint density at radius 3 is 2.67 bits per heavy atom. The van der Waals surface area contributed by atoms with Crippen LogP contribution in [0.4, 0.5) is 5.69 Å². The van der Waals surface area contributed by atoms with E-state index in [0.29, 0.717) is 39.6 Å². The van der Waals surface area contributed by atoms with Gasteiger partial charge in [-0.15, -0.1) is 0 Å². The molecule has 1 amide bonds. The van der Waals surface area contributed by atoms with Gasteiger partial charge in [0.1, 0.15) is 23.9 Å². The minimum atomic E-state index is -0.257. The SMILES string of the molecule is COc1ccc(OC)c(NC(=O)c2ccc(OCC3CCCO3)c(Br)c2)c1. The first-order chi connectivity index (χ1) is 13.1. The van der Waals surface area contributed by atoms with Gasteiger partial charge < -0.3 is 24.3 Å². The Bertz CT molecular complexity index is 805. The monoisotopic (exact) mass is 435 g/mol. The molecule has 1 atom stereocenters. The highest BCUT2D eigenvalue weighted by atomic mass is 79.9. The van der Waals surface area contributed by atoms with Gasteiger partial charge in [-0.1, -0.05) is 0 Å². The molecular weight excluding hydrogens is 414 g/mol. The minimum Gasteiger partial charge on any atom is -0.497 e. The maximum Gasteiger partial charge on any atom is 0.255 e. The Hall–Kier alpha value is -2.25. The van der Waals surface area contributed by atoms with Gasteiger partial charge in [0.2, 0.25) is 0 Å². The highest BCUT2D eigenvalue weighted by Gasteiger charge is 2.17. The summed E-state index contributed by atoms with van der Waals surface area (Å²) < 4.78 is 22.6. The molecule has 1 N–H and O–H groups in total. The van der Waals surface area contributed by atoms with E-state index in [1.807, 2.05) is 0 Å². The zero-order valence-electron chi connectivity index (χ0n) is 15.3. The van der Waals surface area contributed by atoms with E-state index in [0.717, 1.165) is 19.4 Å². The predicted molar refractivity (Wildman–Crippen MR) is 106 cm³/mol. The fourth-order valence-electron chi connectivity index (χ4n) is 2.82. The highest BCUT2D eigenvalue weighted by molar-refractivity contribution is 9.10. The van der Waals surface area contributed by atoms with Crippen LogP contribution in [0.25, 0.3) is 0 Å². The van der Waals surface area contributed by atoms with Crippen LogP contribution in [0.5, 0.6) is 17.2 Å². The molecule has 2 aromatic carbocycles. The maximum atomic E-state index is 12.6. The van der Waals surface area contributed by atoms with E-state index in [2.05, 4.69) is 21.2 Å². The molecule has 2 aromatic rings. The van der Waals surface area contributed by atoms with E-state index >= 15 is 0 Å². The summed E-state index contributed by atoms with van der Waals surface area (Å²) in [5.41, 5.74) is 1.04. The Morgan fingerprint density at radius 2 is 2.00 bits per heavy atom. The lowest BCUT2D eigenvalue weighted by molar-refractivity contribution is 0.0677. The molecule has 1 heterocycles. The number of halogens is 1. The average Bonchev–Trinajstić information content (AvgIpc) is 3.20. The predicted octanol–water partition coefficient (Wildman–Crippen LogP) is 4.28. The summed E-state index contributed by atoms with van der Waals surface area (Å²) in [6, 6.07) is 10.4. The quantitative estimate of drug-likeness (QED) is 0.702. The van der Waals surface area contributed by atoms with Crippen LogP contribution in [0.1, 0.15) is 23.2 Å². The third kappa shape index (κ3) is 4.93. The fraction of sp³-hybridized carbons (Fsp3) is 0.350. The molecule has 0 radical (unpaired) electrons. The molecule has 3 rings (SSSR count). The summed E-state index contributed by atoms with van der Waals surface area (Å²) in [7, 11) is 3.12. The van der Waals surface area contributed by atoms with Crippen molar-refractivity contribution in [2.24, 2.45) is 0 Å². The molecule has 144 valence electrons. The molecule has 7 heteroatoms. The molecule has 0 aliphatic carbocycles. The lowest BCUT2D eigenvalue weighted by Gasteiger charge is -2.14. The molecule has 0 spiro atoms. The molecule has 0 aromatic heterocycles. The maximum absolute atomic E-state index is 12.6. The van der Waals surface area contributed by atoms with Gasteiger partial charge in [0.15, 0.2) is 0 Å². The van der Waals surface area contributed by atoms with E-state index in [1.54, 1.807) is 50.6 Å². The van der Waals surface area contributed by atoms with Crippen molar-refractivity contribution >= 4 is 27.5 Å². The van der Waals surface area contributed by atoms with Crippen molar-refractivity contribution in [1.82, 2.24) is 0 Å². The number of methoxy groups -OCH3 is 2. The fourth-order valence-corrected chi connectivity index (χ4v) is 3.32. The van der Waals surface area contributed by atoms with Crippen LogP contribution in [0.15, 0.2) is 40.9 Å². The van der Waals surface area contributed by atoms with Gasteiger partial charge in [-0.3, -0.25) is 4.79 Å². The van der Waals surface area contributed by atoms with Crippen LogP contribution < -0.4 is 19.5 Å². The van der Waals surface area contributed by atoms with E-state index in [1.165, 1.54) is 0 Å². The highest BCUT2D eigenvalue weighted by Crippen LogP contribution is 2.31. The standard InChI is InChI=1S/C20H22BrNO5/c1-24-14-6-8-19(25-2)17(11-14)22-20(23)13-5-7-18(16(21)10-13)27-12-15-4-3-9-26-15/h5-8,10-11,15H,3-4,9,12H2,1-2H3,(H,22,23). The van der Waals surface area contributed by atoms with Crippen molar-refractivity contribution in [1.29, 1.82) is 0 Å². The Kier molecular flexibility index (Phi) is 6.58. The number of carbonyl (C=O) groups is 1. The zero-order valence-corrected chi connectivity index (χ0v) is 16.9.